The van der Waals surface area contributed by atoms with E-state index in [-0.39, 0.29) is 34.7 Å². The fourth-order valence-electron chi connectivity index (χ4n) is 4.07. The molecule has 0 spiro atoms. The van der Waals surface area contributed by atoms with Crippen molar-refractivity contribution < 1.29 is 17.5 Å². The van der Waals surface area contributed by atoms with Crippen LogP contribution < -0.4 is 20.3 Å². The molecule has 1 unspecified atom stereocenters. The summed E-state index contributed by atoms with van der Waals surface area (Å²) in [7, 11) is -4.21. The fraction of sp³-hybridized carbons (Fsp3) is 0.474. The lowest BCUT2D eigenvalue weighted by atomic mass is 9.81. The van der Waals surface area contributed by atoms with Gasteiger partial charge in [-0.15, -0.1) is 0 Å². The number of ether oxygens (including phenoxy) is 1. The van der Waals surface area contributed by atoms with E-state index >= 15 is 0 Å². The molecule has 2 fully saturated rings. The minimum absolute atomic E-state index is 0.0311. The zero-order valence-corrected chi connectivity index (χ0v) is 17.7. The van der Waals surface area contributed by atoms with Gasteiger partial charge in [-0.1, -0.05) is 18.0 Å². The Labute approximate surface area is 179 Å². The quantitative estimate of drug-likeness (QED) is 0.615. The van der Waals surface area contributed by atoms with E-state index in [9.17, 15) is 12.8 Å². The van der Waals surface area contributed by atoms with E-state index in [4.69, 9.17) is 16.3 Å². The van der Waals surface area contributed by atoms with Crippen molar-refractivity contribution in [3.8, 4) is 5.75 Å². The second-order valence-corrected chi connectivity index (χ2v) is 9.54. The minimum atomic E-state index is -4.21. The maximum atomic E-state index is 14.8. The number of nitrogens with one attached hydrogen (secondary N) is 3. The highest BCUT2D eigenvalue weighted by Crippen LogP contribution is 2.36. The standard InChI is InChI=1S/C19H23ClFN5O3S/c20-13-9-18(30(27,28)26-19-6-7-22-11-23-19)14(21)10-17(13)29-16-4-2-1-3-12(16)15-5-8-24-25-15/h6-7,9-12,15-16,24-25H,1-5,8H2,(H,22,23,26)/t12-,15?,16+/m1/s1. The van der Waals surface area contributed by atoms with E-state index in [0.717, 1.165) is 50.8 Å². The van der Waals surface area contributed by atoms with Gasteiger partial charge in [0.15, 0.2) is 0 Å². The molecule has 0 amide bonds. The van der Waals surface area contributed by atoms with Crippen LogP contribution in [0.3, 0.4) is 0 Å². The Morgan fingerprint density at radius 1 is 1.23 bits per heavy atom. The lowest BCUT2D eigenvalue weighted by molar-refractivity contribution is 0.0715. The number of hydrogen-bond donors (Lipinski definition) is 3. The Morgan fingerprint density at radius 2 is 2.07 bits per heavy atom. The lowest BCUT2D eigenvalue weighted by Crippen LogP contribution is -2.44. The molecular weight excluding hydrogens is 433 g/mol. The topological polar surface area (TPSA) is 105 Å². The van der Waals surface area contributed by atoms with Crippen LogP contribution in [0.15, 0.2) is 35.6 Å². The average Bonchev–Trinajstić information content (AvgIpc) is 3.26. The summed E-state index contributed by atoms with van der Waals surface area (Å²) in [6.45, 7) is 0.898. The van der Waals surface area contributed by atoms with Crippen LogP contribution in [0.4, 0.5) is 10.2 Å². The van der Waals surface area contributed by atoms with Gasteiger partial charge in [0.1, 0.15) is 34.7 Å². The van der Waals surface area contributed by atoms with Crippen LogP contribution in [-0.4, -0.2) is 37.1 Å². The molecular formula is C19H23ClFN5O3S. The monoisotopic (exact) mass is 455 g/mol. The molecule has 4 rings (SSSR count). The molecule has 8 nitrogen and oxygen atoms in total. The summed E-state index contributed by atoms with van der Waals surface area (Å²) in [4.78, 5) is 6.94. The van der Waals surface area contributed by atoms with E-state index in [2.05, 4.69) is 25.5 Å². The van der Waals surface area contributed by atoms with Crippen molar-refractivity contribution in [3.05, 3.63) is 41.6 Å². The van der Waals surface area contributed by atoms with Gasteiger partial charge in [0.25, 0.3) is 10.0 Å². The van der Waals surface area contributed by atoms with Gasteiger partial charge in [-0.05, 0) is 37.8 Å². The number of rotatable bonds is 6. The molecule has 1 saturated heterocycles. The summed E-state index contributed by atoms with van der Waals surface area (Å²) in [5, 5.41) is 0.0429. The lowest BCUT2D eigenvalue weighted by Gasteiger charge is -2.35. The minimum Gasteiger partial charge on any atom is -0.488 e. The Balaban J connectivity index is 1.55. The van der Waals surface area contributed by atoms with Gasteiger partial charge in [-0.2, -0.15) is 0 Å². The van der Waals surface area contributed by atoms with Crippen molar-refractivity contribution >= 4 is 27.4 Å². The molecule has 1 aliphatic carbocycles. The Kier molecular flexibility index (Phi) is 6.37. The molecule has 11 heteroatoms. The molecule has 0 bridgehead atoms. The molecule has 1 aliphatic heterocycles. The van der Waals surface area contributed by atoms with E-state index < -0.39 is 20.7 Å². The van der Waals surface area contributed by atoms with Gasteiger partial charge in [-0.3, -0.25) is 15.6 Å². The molecule has 1 saturated carbocycles. The van der Waals surface area contributed by atoms with Crippen LogP contribution in [0.5, 0.6) is 5.75 Å². The third-order valence-corrected chi connectivity index (χ3v) is 7.18. The Hall–Kier alpha value is -2.01. The number of halogens is 2. The summed E-state index contributed by atoms with van der Waals surface area (Å²) in [6, 6.07) is 3.77. The van der Waals surface area contributed by atoms with Crippen LogP contribution >= 0.6 is 11.6 Å². The average molecular weight is 456 g/mol. The van der Waals surface area contributed by atoms with Gasteiger partial charge < -0.3 is 4.74 Å². The number of sulfonamides is 1. The maximum Gasteiger partial charge on any atom is 0.266 e. The summed E-state index contributed by atoms with van der Waals surface area (Å²) >= 11 is 6.30. The molecule has 162 valence electrons. The third-order valence-electron chi connectivity index (χ3n) is 5.51. The first kappa shape index (κ1) is 21.2. The number of hydrazine groups is 1. The van der Waals surface area contributed by atoms with E-state index in [1.54, 1.807) is 0 Å². The van der Waals surface area contributed by atoms with Crippen LogP contribution in [0, 0.1) is 11.7 Å². The summed E-state index contributed by atoms with van der Waals surface area (Å²) in [6.07, 6.45) is 7.45. The van der Waals surface area contributed by atoms with Crippen molar-refractivity contribution in [1.82, 2.24) is 20.8 Å². The van der Waals surface area contributed by atoms with Gasteiger partial charge in [-0.25, -0.2) is 22.8 Å². The summed E-state index contributed by atoms with van der Waals surface area (Å²) < 4.78 is 48.2. The Bertz CT molecular complexity index is 989. The highest BCUT2D eigenvalue weighted by Gasteiger charge is 2.35. The van der Waals surface area contributed by atoms with E-state index in [1.165, 1.54) is 18.6 Å². The number of aromatic nitrogens is 2. The second-order valence-electron chi connectivity index (χ2n) is 7.48. The summed E-state index contributed by atoms with van der Waals surface area (Å²) in [5.41, 5.74) is 6.43. The number of hydrogen-bond acceptors (Lipinski definition) is 7. The zero-order valence-electron chi connectivity index (χ0n) is 16.1. The number of benzene rings is 1. The van der Waals surface area contributed by atoms with Crippen molar-refractivity contribution in [2.75, 3.05) is 11.3 Å². The van der Waals surface area contributed by atoms with Crippen LogP contribution in [0.1, 0.15) is 32.1 Å². The normalized spacial score (nSPS) is 24.5. The molecule has 2 aliphatic rings. The van der Waals surface area contributed by atoms with Gasteiger partial charge in [0.2, 0.25) is 0 Å². The predicted octanol–water partition coefficient (Wildman–Crippen LogP) is 2.87. The number of nitrogens with zero attached hydrogens (tertiary/aromatic N) is 2. The van der Waals surface area contributed by atoms with Gasteiger partial charge in [0.05, 0.1) is 5.02 Å². The molecule has 0 radical (unpaired) electrons. The number of anilines is 1. The van der Waals surface area contributed by atoms with Crippen LogP contribution in [0.25, 0.3) is 0 Å². The van der Waals surface area contributed by atoms with Gasteiger partial charge in [0, 0.05) is 30.8 Å². The molecule has 3 N–H and O–H groups in total. The largest absolute Gasteiger partial charge is 0.488 e. The maximum absolute atomic E-state index is 14.8. The molecule has 3 atom stereocenters. The molecule has 30 heavy (non-hydrogen) atoms. The Morgan fingerprint density at radius 3 is 2.80 bits per heavy atom. The van der Waals surface area contributed by atoms with Crippen molar-refractivity contribution in [1.29, 1.82) is 0 Å². The molecule has 1 aromatic carbocycles. The SMILES string of the molecule is O=S(=O)(Nc1ccncn1)c1cc(Cl)c(O[C@H]2CCCC[C@@H]2C2CCNN2)cc1F. The zero-order chi connectivity index (χ0) is 21.1. The summed E-state index contributed by atoms with van der Waals surface area (Å²) in [5.74, 6) is -0.485. The fourth-order valence-corrected chi connectivity index (χ4v) is 5.44. The van der Waals surface area contributed by atoms with Crippen molar-refractivity contribution in [2.24, 2.45) is 5.92 Å². The molecule has 1 aromatic heterocycles. The smallest absolute Gasteiger partial charge is 0.266 e. The van der Waals surface area contributed by atoms with Crippen molar-refractivity contribution in [2.45, 2.75) is 49.1 Å². The van der Waals surface area contributed by atoms with E-state index in [0.29, 0.717) is 0 Å². The predicted molar refractivity (Wildman–Crippen MR) is 110 cm³/mol. The van der Waals surface area contributed by atoms with Crippen molar-refractivity contribution in [3.63, 3.8) is 0 Å². The third kappa shape index (κ3) is 4.66. The van der Waals surface area contributed by atoms with Crippen LogP contribution in [0.2, 0.25) is 5.02 Å². The van der Waals surface area contributed by atoms with Gasteiger partial charge >= 0.3 is 0 Å². The van der Waals surface area contributed by atoms with Crippen LogP contribution in [-0.2, 0) is 10.0 Å². The molecule has 2 aromatic rings. The second kappa shape index (κ2) is 9.01. The molecule has 2 heterocycles. The van der Waals surface area contributed by atoms with E-state index in [1.807, 2.05) is 0 Å². The highest BCUT2D eigenvalue weighted by molar-refractivity contribution is 7.92. The first-order valence-corrected chi connectivity index (χ1v) is 11.7. The highest BCUT2D eigenvalue weighted by atomic mass is 35.5. The first-order valence-electron chi connectivity index (χ1n) is 9.87. The first-order chi connectivity index (χ1) is 14.4.